The molecule has 1 amide bonds. The summed E-state index contributed by atoms with van der Waals surface area (Å²) in [6, 6.07) is 1.77. The minimum absolute atomic E-state index is 0.184. The largest absolute Gasteiger partial charge is 0.444 e. The quantitative estimate of drug-likeness (QED) is 0.742. The number of hydrogen-bond donors (Lipinski definition) is 3. The molecule has 7 heteroatoms. The minimum atomic E-state index is -1.11. The average Bonchev–Trinajstić information content (AvgIpc) is 2.76. The number of fused-ring (bicyclic) bond motifs is 1. The number of H-pyrrole nitrogens is 1. The van der Waals surface area contributed by atoms with E-state index in [0.29, 0.717) is 16.9 Å². The van der Waals surface area contributed by atoms with Crippen LogP contribution in [0.15, 0.2) is 18.5 Å². The number of pyridine rings is 1. The maximum absolute atomic E-state index is 12.0. The van der Waals surface area contributed by atoms with E-state index in [1.165, 1.54) is 4.90 Å². The van der Waals surface area contributed by atoms with Gasteiger partial charge < -0.3 is 25.5 Å². The first-order valence-electron chi connectivity index (χ1n) is 7.11. The van der Waals surface area contributed by atoms with Crippen molar-refractivity contribution in [3.63, 3.8) is 0 Å². The molecule has 0 aromatic carbocycles. The number of amides is 1. The third-order valence-corrected chi connectivity index (χ3v) is 3.61. The summed E-state index contributed by atoms with van der Waals surface area (Å²) in [6.07, 6.45) is 2.85. The number of likely N-dealkylation sites (tertiary alicyclic amines) is 1. The third-order valence-electron chi connectivity index (χ3n) is 3.61. The number of carbonyl (C=O) groups excluding carboxylic acids is 1. The topological polar surface area (TPSA) is 104 Å². The summed E-state index contributed by atoms with van der Waals surface area (Å²) in [5.74, 6) is 0. The van der Waals surface area contributed by atoms with Crippen molar-refractivity contribution in [3.05, 3.63) is 24.0 Å². The molecular formula is C15H20N4O3. The van der Waals surface area contributed by atoms with Crippen LogP contribution in [-0.2, 0) is 10.3 Å². The molecule has 118 valence electrons. The second-order valence-corrected chi connectivity index (χ2v) is 6.74. The second kappa shape index (κ2) is 4.61. The lowest BCUT2D eigenvalue weighted by Crippen LogP contribution is -2.61. The predicted octanol–water partition coefficient (Wildman–Crippen LogP) is 1.58. The number of ether oxygens (including phenoxy) is 1. The lowest BCUT2D eigenvalue weighted by atomic mass is 9.86. The molecule has 0 bridgehead atoms. The summed E-state index contributed by atoms with van der Waals surface area (Å²) in [6.45, 7) is 5.80. The van der Waals surface area contributed by atoms with Gasteiger partial charge in [-0.1, -0.05) is 0 Å². The van der Waals surface area contributed by atoms with E-state index in [9.17, 15) is 9.90 Å². The fourth-order valence-electron chi connectivity index (χ4n) is 2.62. The van der Waals surface area contributed by atoms with Gasteiger partial charge in [-0.05, 0) is 26.8 Å². The zero-order chi connectivity index (χ0) is 16.1. The molecule has 2 aromatic heterocycles. The third kappa shape index (κ3) is 2.48. The molecule has 0 unspecified atom stereocenters. The molecule has 3 rings (SSSR count). The van der Waals surface area contributed by atoms with Crippen molar-refractivity contribution in [2.24, 2.45) is 0 Å². The van der Waals surface area contributed by atoms with Crippen LogP contribution < -0.4 is 5.73 Å². The number of nitrogens with zero attached hydrogens (tertiary/aromatic N) is 2. The van der Waals surface area contributed by atoms with E-state index in [0.717, 1.165) is 5.39 Å². The van der Waals surface area contributed by atoms with Crippen molar-refractivity contribution in [3.8, 4) is 0 Å². The number of rotatable bonds is 1. The maximum Gasteiger partial charge on any atom is 0.410 e. The molecule has 0 radical (unpaired) electrons. The highest BCUT2D eigenvalue weighted by molar-refractivity contribution is 5.84. The van der Waals surface area contributed by atoms with E-state index in [2.05, 4.69) is 9.97 Å². The number of carbonyl (C=O) groups is 1. The van der Waals surface area contributed by atoms with E-state index >= 15 is 0 Å². The van der Waals surface area contributed by atoms with Crippen molar-refractivity contribution < 1.29 is 14.6 Å². The SMILES string of the molecule is CC(C)(C)OC(=O)N1CC(O)(c2c[nH]c3ncc(N)cc23)C1. The molecule has 1 saturated heterocycles. The summed E-state index contributed by atoms with van der Waals surface area (Å²) < 4.78 is 5.29. The Morgan fingerprint density at radius 2 is 2.18 bits per heavy atom. The molecule has 3 heterocycles. The minimum Gasteiger partial charge on any atom is -0.444 e. The Hall–Kier alpha value is -2.28. The van der Waals surface area contributed by atoms with Gasteiger partial charge in [0.05, 0.1) is 25.0 Å². The van der Waals surface area contributed by atoms with E-state index < -0.39 is 17.3 Å². The zero-order valence-electron chi connectivity index (χ0n) is 12.9. The maximum atomic E-state index is 12.0. The average molecular weight is 304 g/mol. The van der Waals surface area contributed by atoms with Gasteiger partial charge in [0.25, 0.3) is 0 Å². The zero-order valence-corrected chi connectivity index (χ0v) is 12.9. The van der Waals surface area contributed by atoms with Gasteiger partial charge in [-0.25, -0.2) is 9.78 Å². The number of nitrogens with one attached hydrogen (secondary N) is 1. The number of aromatic amines is 1. The van der Waals surface area contributed by atoms with Crippen molar-refractivity contribution in [2.75, 3.05) is 18.8 Å². The first kappa shape index (κ1) is 14.6. The van der Waals surface area contributed by atoms with Crippen LogP contribution in [0.4, 0.5) is 10.5 Å². The number of anilines is 1. The van der Waals surface area contributed by atoms with E-state index in [-0.39, 0.29) is 13.1 Å². The summed E-state index contributed by atoms with van der Waals surface area (Å²) in [5.41, 5.74) is 5.98. The molecular weight excluding hydrogens is 284 g/mol. The van der Waals surface area contributed by atoms with Crippen LogP contribution in [0.5, 0.6) is 0 Å². The Morgan fingerprint density at radius 3 is 2.82 bits per heavy atom. The van der Waals surface area contributed by atoms with Gasteiger partial charge in [0.2, 0.25) is 0 Å². The molecule has 0 spiro atoms. The van der Waals surface area contributed by atoms with E-state index in [1.54, 1.807) is 18.5 Å². The Kier molecular flexibility index (Phi) is 3.07. The fraction of sp³-hybridized carbons (Fsp3) is 0.467. The van der Waals surface area contributed by atoms with Crippen LogP contribution in [0, 0.1) is 0 Å². The van der Waals surface area contributed by atoms with Gasteiger partial charge in [0.1, 0.15) is 16.8 Å². The van der Waals surface area contributed by atoms with Crippen molar-refractivity contribution >= 4 is 22.8 Å². The van der Waals surface area contributed by atoms with Gasteiger partial charge in [-0.3, -0.25) is 0 Å². The molecule has 0 aliphatic carbocycles. The Balaban J connectivity index is 1.79. The summed E-state index contributed by atoms with van der Waals surface area (Å²) in [5, 5.41) is 11.5. The summed E-state index contributed by atoms with van der Waals surface area (Å²) >= 11 is 0. The van der Waals surface area contributed by atoms with Crippen LogP contribution >= 0.6 is 0 Å². The van der Waals surface area contributed by atoms with Gasteiger partial charge >= 0.3 is 6.09 Å². The number of nitrogens with two attached hydrogens (primary N) is 1. The molecule has 7 nitrogen and oxygen atoms in total. The Labute approximate surface area is 128 Å². The fourth-order valence-corrected chi connectivity index (χ4v) is 2.62. The number of aliphatic hydroxyl groups is 1. The Bertz CT molecular complexity index is 726. The van der Waals surface area contributed by atoms with Crippen molar-refractivity contribution in [1.82, 2.24) is 14.9 Å². The molecule has 4 N–H and O–H groups in total. The molecule has 1 aliphatic heterocycles. The Morgan fingerprint density at radius 1 is 1.50 bits per heavy atom. The normalized spacial score (nSPS) is 17.4. The van der Waals surface area contributed by atoms with Crippen LogP contribution in [0.25, 0.3) is 11.0 Å². The van der Waals surface area contributed by atoms with Crippen molar-refractivity contribution in [2.45, 2.75) is 32.0 Å². The van der Waals surface area contributed by atoms with Crippen LogP contribution in [0.3, 0.4) is 0 Å². The molecule has 1 aliphatic rings. The van der Waals surface area contributed by atoms with Gasteiger partial charge in [0.15, 0.2) is 0 Å². The van der Waals surface area contributed by atoms with Gasteiger partial charge in [0, 0.05) is 17.1 Å². The highest BCUT2D eigenvalue weighted by Crippen LogP contribution is 2.36. The van der Waals surface area contributed by atoms with Crippen LogP contribution in [-0.4, -0.2) is 44.8 Å². The first-order chi connectivity index (χ1) is 10.2. The van der Waals surface area contributed by atoms with E-state index in [4.69, 9.17) is 10.5 Å². The molecule has 0 saturated carbocycles. The van der Waals surface area contributed by atoms with Gasteiger partial charge in [-0.2, -0.15) is 0 Å². The summed E-state index contributed by atoms with van der Waals surface area (Å²) in [4.78, 5) is 20.6. The van der Waals surface area contributed by atoms with Crippen LogP contribution in [0.1, 0.15) is 26.3 Å². The smallest absolute Gasteiger partial charge is 0.410 e. The number of aromatic nitrogens is 2. The lowest BCUT2D eigenvalue weighted by molar-refractivity contribution is -0.102. The van der Waals surface area contributed by atoms with Crippen molar-refractivity contribution in [1.29, 1.82) is 0 Å². The first-order valence-corrected chi connectivity index (χ1v) is 7.11. The number of hydrogen-bond acceptors (Lipinski definition) is 5. The lowest BCUT2D eigenvalue weighted by Gasteiger charge is -2.46. The summed E-state index contributed by atoms with van der Waals surface area (Å²) in [7, 11) is 0. The molecule has 1 fully saturated rings. The monoisotopic (exact) mass is 304 g/mol. The highest BCUT2D eigenvalue weighted by atomic mass is 16.6. The predicted molar refractivity (Wildman–Crippen MR) is 82.2 cm³/mol. The molecule has 22 heavy (non-hydrogen) atoms. The number of nitrogen functional groups attached to an aromatic ring is 1. The molecule has 2 aromatic rings. The molecule has 0 atom stereocenters. The van der Waals surface area contributed by atoms with Crippen LogP contribution in [0.2, 0.25) is 0 Å². The second-order valence-electron chi connectivity index (χ2n) is 6.74. The number of β-amino-alcohol motifs (C(OH)–C–C–N with tert-alkyl or cyclic N) is 1. The standard InChI is InChI=1S/C15H20N4O3/c1-14(2,3)22-13(20)19-7-15(21,8-19)11-6-18-12-10(11)4-9(16)5-17-12/h4-6,21H,7-8,16H2,1-3H3,(H,17,18). The van der Waals surface area contributed by atoms with Gasteiger partial charge in [-0.15, -0.1) is 0 Å². The van der Waals surface area contributed by atoms with E-state index in [1.807, 2.05) is 20.8 Å². The highest BCUT2D eigenvalue weighted by Gasteiger charge is 2.47.